The first-order valence-corrected chi connectivity index (χ1v) is 46.0. The Labute approximate surface area is 852 Å². The Balaban J connectivity index is -0.000000221. The van der Waals surface area contributed by atoms with Crippen LogP contribution in [0.25, 0.3) is 0 Å². The molecule has 0 aliphatic rings. The van der Waals surface area contributed by atoms with Crippen molar-refractivity contribution in [3.05, 3.63) is 330 Å². The molecule has 688 valence electrons. The third kappa shape index (κ3) is 73.1. The minimum absolute atomic E-state index is 0. The summed E-state index contributed by atoms with van der Waals surface area (Å²) < 4.78 is 118. The minimum atomic E-state index is -10.7. The molecule has 122 heavy (non-hydrogen) atoms. The van der Waals surface area contributed by atoms with E-state index in [1.807, 2.05) is 125 Å². The van der Waals surface area contributed by atoms with Gasteiger partial charge < -0.3 is 74.1 Å². The molecule has 26 heteroatoms. The Morgan fingerprint density at radius 3 is 0.279 bits per heavy atom. The largest absolute Gasteiger partial charge is 1.00 e. The summed E-state index contributed by atoms with van der Waals surface area (Å²) in [7, 11) is -25.5. The van der Waals surface area contributed by atoms with E-state index in [1.165, 1.54) is 63.7 Å². The van der Waals surface area contributed by atoms with Gasteiger partial charge in [-0.3, -0.25) is 0 Å². The van der Waals surface area contributed by atoms with Gasteiger partial charge in [0.1, 0.15) is 63.7 Å². The van der Waals surface area contributed by atoms with Gasteiger partial charge in [-0.05, 0) is 178 Å². The van der Waals surface area contributed by atoms with E-state index < -0.39 is 47.3 Å². The van der Waals surface area contributed by atoms with Gasteiger partial charge in [0.25, 0.3) is 0 Å². The molecule has 0 aliphatic carbocycles. The van der Waals surface area contributed by atoms with Gasteiger partial charge in [0.05, 0.1) is 31.7 Å². The van der Waals surface area contributed by atoms with E-state index in [-0.39, 0.29) is 212 Å². The standard InChI is InChI=1S/2C30H24P2.6C6H9.8Au.2F6P/c2*1-5-13-25(14-6-1)31(26-15-7-2-8-16-26)29-21-23-30(24-22-29)32(27-17-9-3-10-18-27)28-19-11-4-12-20-28;6*1-5-6(2,3)4;;;;;;;;;2*1-7(2,3,4,5)6/h2*1-24H;6*2-4H3;;;;;;;;;;/q;;6*-1;8*+1;2*-1/p+4. The summed E-state index contributed by atoms with van der Waals surface area (Å²) in [6.45, 7) is 35.0. The Hall–Kier alpha value is -2.78. The van der Waals surface area contributed by atoms with Gasteiger partial charge in [-0.1, -0.05) is 270 Å². The van der Waals surface area contributed by atoms with Gasteiger partial charge in [-0.15, -0.1) is 0 Å². The second-order valence-electron chi connectivity index (χ2n) is 31.7. The molecule has 0 fully saturated rings. The Bertz CT molecular complexity index is 3900. The van der Waals surface area contributed by atoms with Crippen LogP contribution >= 0.6 is 47.3 Å². The summed E-state index contributed by atoms with van der Waals surface area (Å²) in [5, 5.41) is 17.1. The van der Waals surface area contributed by atoms with E-state index in [2.05, 4.69) is 327 Å². The average Bonchev–Trinajstić information content (AvgIpc) is 0.789. The van der Waals surface area contributed by atoms with Crippen molar-refractivity contribution in [3.8, 4) is 35.5 Å². The van der Waals surface area contributed by atoms with E-state index in [4.69, 9.17) is 38.5 Å². The van der Waals surface area contributed by atoms with Crippen LogP contribution < -0.4 is 63.7 Å². The summed E-state index contributed by atoms with van der Waals surface area (Å²) in [6, 6.07) is 107. The quantitative estimate of drug-likeness (QED) is 0.0376. The van der Waals surface area contributed by atoms with Crippen molar-refractivity contribution in [2.75, 3.05) is 0 Å². The number of benzene rings is 10. The topological polar surface area (TPSA) is 0 Å². The molecule has 0 nitrogen and oxygen atoms in total. The third-order valence-corrected chi connectivity index (χ3v) is 24.6. The van der Waals surface area contributed by atoms with Gasteiger partial charge in [0.15, 0.2) is 0 Å². The van der Waals surface area contributed by atoms with E-state index in [9.17, 15) is 50.4 Å². The third-order valence-electron chi connectivity index (χ3n) is 13.7. The molecule has 0 unspecified atom stereocenters. The molecule has 0 N–H and O–H groups in total. The molecular formula is C96H106Au8F12P6+4. The smallest absolute Gasteiger partial charge is 0.693 e. The zero-order valence-corrected chi connectivity index (χ0v) is 93.7. The minimum Gasteiger partial charge on any atom is -0.693 e. The van der Waals surface area contributed by atoms with Gasteiger partial charge in [0, 0.05) is 0 Å². The summed E-state index contributed by atoms with van der Waals surface area (Å²) in [5.41, 5.74) is -0.250. The first kappa shape index (κ1) is 135. The zero-order valence-electron chi connectivity index (χ0n) is 70.6. The van der Waals surface area contributed by atoms with E-state index in [0.29, 0.717) is 0 Å². The van der Waals surface area contributed by atoms with Crippen molar-refractivity contribution < 1.29 is 229 Å². The number of rotatable bonds is 12. The van der Waals surface area contributed by atoms with Gasteiger partial charge in [-0.25, -0.2) is 0 Å². The van der Waals surface area contributed by atoms with Crippen molar-refractivity contribution in [2.45, 2.75) is 125 Å². The van der Waals surface area contributed by atoms with Crippen LogP contribution in [0.1, 0.15) is 125 Å². The Morgan fingerprint density at radius 1 is 0.164 bits per heavy atom. The maximum atomic E-state index is 9.87. The number of halogens is 12. The second-order valence-corrected chi connectivity index (χ2v) is 45.5. The maximum absolute atomic E-state index is 10.7. The number of hydrogen-bond donors (Lipinski definition) is 0. The zero-order chi connectivity index (χ0) is 87.2. The predicted octanol–water partition coefficient (Wildman–Crippen LogP) is 25.8. The maximum Gasteiger partial charge on any atom is 1.00 e. The molecule has 10 rings (SSSR count). The first-order chi connectivity index (χ1) is 52.1. The summed E-state index contributed by atoms with van der Waals surface area (Å²) in [5.74, 6) is 14.1. The summed E-state index contributed by atoms with van der Waals surface area (Å²) in [4.78, 5) is 0. The predicted molar refractivity (Wildman–Crippen MR) is 480 cm³/mol. The van der Waals surface area contributed by atoms with Crippen molar-refractivity contribution >= 4 is 111 Å². The van der Waals surface area contributed by atoms with Crippen LogP contribution in [0.5, 0.6) is 0 Å². The van der Waals surface area contributed by atoms with Gasteiger partial charge in [0.2, 0.25) is 0 Å². The first-order valence-electron chi connectivity index (χ1n) is 36.0. The molecule has 0 saturated carbocycles. The van der Waals surface area contributed by atoms with Crippen molar-refractivity contribution in [3.63, 3.8) is 0 Å². The van der Waals surface area contributed by atoms with Crippen molar-refractivity contribution in [1.82, 2.24) is 0 Å². The van der Waals surface area contributed by atoms with Gasteiger partial charge >= 0.3 is 245 Å². The molecule has 10 aromatic carbocycles. The molecule has 0 aliphatic heterocycles. The summed E-state index contributed by atoms with van der Waals surface area (Å²) in [6.07, 6.45) is 39.6. The van der Waals surface area contributed by atoms with Crippen LogP contribution in [0.15, 0.2) is 291 Å². The van der Waals surface area contributed by atoms with Crippen LogP contribution in [0, 0.1) is 107 Å². The SMILES string of the molecule is F[P-](F)(F)(F)(F)F.F[P-](F)(F)(F)(F)F.[Au+].[Au+].[Au+].[Au+].[Au+].[Au+].[Au+].[Au+].[C-]#CC(C)(C)C.[C-]#CC(C)(C)C.[C-]#CC(C)(C)C.[C-]#CC(C)(C)C.[C-]#CC(C)(C)C.[C-]#CC(C)(C)C.c1ccc([PH+](c2ccccc2)c2ccc([PH+](c3ccccc3)c3ccccc3)cc2)cc1.c1ccc([PH+](c2ccccc2)c2ccc([PH+](c3ccccc3)c3ccccc3)cc2)cc1. The van der Waals surface area contributed by atoms with Crippen LogP contribution in [0.4, 0.5) is 50.4 Å². The normalized spacial score (nSPS) is 11.5. The van der Waals surface area contributed by atoms with Crippen molar-refractivity contribution in [2.24, 2.45) is 32.5 Å². The molecule has 0 saturated heterocycles. The molecule has 10 aromatic rings. The van der Waals surface area contributed by atoms with E-state index >= 15 is 0 Å². The molecule has 0 amide bonds. The second kappa shape index (κ2) is 59.5. The Kier molecular flexibility index (Phi) is 65.7. The Morgan fingerprint density at radius 2 is 0.221 bits per heavy atom. The molecule has 0 radical (unpaired) electrons. The van der Waals surface area contributed by atoms with Crippen molar-refractivity contribution in [1.29, 1.82) is 0 Å². The van der Waals surface area contributed by atoms with Crippen LogP contribution in [-0.2, 0) is 179 Å². The fraction of sp³-hybridized carbons (Fsp3) is 0.250. The van der Waals surface area contributed by atoms with Crippen LogP contribution in [0.2, 0.25) is 0 Å². The molecular weight excluding hydrogens is 3140 g/mol. The fourth-order valence-electron chi connectivity index (χ4n) is 8.45. The van der Waals surface area contributed by atoms with Gasteiger partial charge in [-0.2, -0.15) is 0 Å². The van der Waals surface area contributed by atoms with Crippen LogP contribution in [0.3, 0.4) is 0 Å². The molecule has 0 spiro atoms. The molecule has 0 heterocycles. The molecule has 0 bridgehead atoms. The number of hydrogen-bond acceptors (Lipinski definition) is 0. The van der Waals surface area contributed by atoms with E-state index in [1.54, 1.807) is 0 Å². The summed E-state index contributed by atoms with van der Waals surface area (Å²) >= 11 is 0. The van der Waals surface area contributed by atoms with Crippen LogP contribution in [-0.4, -0.2) is 0 Å². The average molecular weight is 3250 g/mol. The molecule has 0 aromatic heterocycles. The molecule has 0 atom stereocenters. The van der Waals surface area contributed by atoms with E-state index in [0.717, 1.165) is 0 Å². The fourth-order valence-corrected chi connectivity index (χ4v) is 18.7. The monoisotopic (exact) mass is 3250 g/mol.